The summed E-state index contributed by atoms with van der Waals surface area (Å²) in [7, 11) is 3.99. The lowest BCUT2D eigenvalue weighted by atomic mass is 10.2. The Labute approximate surface area is 163 Å². The van der Waals surface area contributed by atoms with Crippen LogP contribution in [0.25, 0.3) is 11.3 Å². The van der Waals surface area contributed by atoms with Gasteiger partial charge in [0, 0.05) is 48.4 Å². The summed E-state index contributed by atoms with van der Waals surface area (Å²) in [4.78, 5) is 27.6. The fraction of sp³-hybridized carbons (Fsp3) is 0.200. The van der Waals surface area contributed by atoms with Crippen molar-refractivity contribution in [2.24, 2.45) is 0 Å². The first-order valence-electron chi connectivity index (χ1n) is 8.86. The van der Waals surface area contributed by atoms with Gasteiger partial charge in [0.05, 0.1) is 5.69 Å². The predicted octanol–water partition coefficient (Wildman–Crippen LogP) is 2.35. The summed E-state index contributed by atoms with van der Waals surface area (Å²) in [5.74, 6) is 0.596. The van der Waals surface area contributed by atoms with Crippen LogP contribution in [0.2, 0.25) is 0 Å². The molecule has 0 radical (unpaired) electrons. The molecule has 0 aliphatic carbocycles. The Hall–Kier alpha value is -3.52. The molecule has 2 heterocycles. The van der Waals surface area contributed by atoms with Crippen molar-refractivity contribution >= 4 is 23.4 Å². The number of benzene rings is 1. The smallest absolute Gasteiger partial charge is 0.256 e. The molecule has 0 aliphatic heterocycles. The normalized spacial score (nSPS) is 10.7. The van der Waals surface area contributed by atoms with Crippen molar-refractivity contribution in [3.63, 3.8) is 0 Å². The number of nitrogens with two attached hydrogens (primary N) is 1. The minimum Gasteiger partial charge on any atom is -0.399 e. The van der Waals surface area contributed by atoms with Gasteiger partial charge in [-0.25, -0.2) is 4.98 Å². The number of carbonyl (C=O) groups is 1. The molecule has 144 valence electrons. The number of nitrogens with zero attached hydrogens (tertiary/aromatic N) is 4. The average Bonchev–Trinajstić information content (AvgIpc) is 2.68. The maximum atomic E-state index is 12.5. The number of pyridine rings is 1. The molecule has 0 bridgehead atoms. The molecule has 1 amide bonds. The number of nitrogen functional groups attached to an aromatic ring is 1. The molecule has 0 saturated heterocycles. The summed E-state index contributed by atoms with van der Waals surface area (Å²) >= 11 is 0. The van der Waals surface area contributed by atoms with Gasteiger partial charge in [-0.15, -0.1) is 0 Å². The number of rotatable bonds is 7. The Bertz CT molecular complexity index is 927. The van der Waals surface area contributed by atoms with Crippen molar-refractivity contribution in [1.29, 1.82) is 0 Å². The molecule has 3 aromatic rings. The summed E-state index contributed by atoms with van der Waals surface area (Å²) in [6.07, 6.45) is 3.40. The second-order valence-electron chi connectivity index (χ2n) is 6.50. The third-order valence-electron chi connectivity index (χ3n) is 3.96. The molecule has 8 nitrogen and oxygen atoms in total. The maximum absolute atomic E-state index is 12.5. The number of aromatic nitrogens is 3. The van der Waals surface area contributed by atoms with Crippen LogP contribution in [-0.4, -0.2) is 52.9 Å². The summed E-state index contributed by atoms with van der Waals surface area (Å²) in [6.45, 7) is 1.51. The van der Waals surface area contributed by atoms with Gasteiger partial charge >= 0.3 is 0 Å². The molecule has 0 atom stereocenters. The van der Waals surface area contributed by atoms with Gasteiger partial charge in [0.2, 0.25) is 5.95 Å². The van der Waals surface area contributed by atoms with E-state index < -0.39 is 0 Å². The monoisotopic (exact) mass is 377 g/mol. The highest BCUT2D eigenvalue weighted by Gasteiger charge is 2.11. The number of carbonyl (C=O) groups excluding carboxylic acids is 1. The van der Waals surface area contributed by atoms with Gasteiger partial charge in [-0.1, -0.05) is 0 Å². The first-order chi connectivity index (χ1) is 13.5. The number of anilines is 3. The SMILES string of the molecule is CN(C)CCNc1nc(NC(=O)c2ccc(N)cc2)cc(-c2ccncc2)n1. The molecule has 0 fully saturated rings. The number of hydrogen-bond donors (Lipinski definition) is 3. The number of hydrogen-bond acceptors (Lipinski definition) is 7. The van der Waals surface area contributed by atoms with E-state index >= 15 is 0 Å². The molecule has 8 heteroatoms. The van der Waals surface area contributed by atoms with Gasteiger partial charge in [-0.2, -0.15) is 4.98 Å². The van der Waals surface area contributed by atoms with E-state index in [9.17, 15) is 4.79 Å². The fourth-order valence-electron chi connectivity index (χ4n) is 2.48. The van der Waals surface area contributed by atoms with Crippen LogP contribution in [-0.2, 0) is 0 Å². The van der Waals surface area contributed by atoms with E-state index in [1.165, 1.54) is 0 Å². The zero-order valence-electron chi connectivity index (χ0n) is 15.9. The molecule has 0 spiro atoms. The summed E-state index contributed by atoms with van der Waals surface area (Å²) < 4.78 is 0. The highest BCUT2D eigenvalue weighted by molar-refractivity contribution is 6.04. The van der Waals surface area contributed by atoms with E-state index in [0.717, 1.165) is 12.1 Å². The van der Waals surface area contributed by atoms with Gasteiger partial charge in [-0.05, 0) is 50.5 Å². The van der Waals surface area contributed by atoms with E-state index in [-0.39, 0.29) is 5.91 Å². The Kier molecular flexibility index (Phi) is 6.13. The lowest BCUT2D eigenvalue weighted by Gasteiger charge is -2.13. The van der Waals surface area contributed by atoms with Gasteiger partial charge in [0.25, 0.3) is 5.91 Å². The largest absolute Gasteiger partial charge is 0.399 e. The minimum atomic E-state index is -0.265. The Balaban J connectivity index is 1.85. The summed E-state index contributed by atoms with van der Waals surface area (Å²) in [6, 6.07) is 12.2. The quantitative estimate of drug-likeness (QED) is 0.542. The summed E-state index contributed by atoms with van der Waals surface area (Å²) in [5, 5.41) is 6.03. The van der Waals surface area contributed by atoms with E-state index in [2.05, 4.69) is 30.5 Å². The molecular weight excluding hydrogens is 354 g/mol. The fourth-order valence-corrected chi connectivity index (χ4v) is 2.48. The van der Waals surface area contributed by atoms with Crippen LogP contribution in [0.4, 0.5) is 17.5 Å². The molecule has 3 rings (SSSR count). The van der Waals surface area contributed by atoms with Gasteiger partial charge in [0.1, 0.15) is 5.82 Å². The Morgan fingerprint density at radius 2 is 1.79 bits per heavy atom. The third kappa shape index (κ3) is 5.24. The Morgan fingerprint density at radius 3 is 2.46 bits per heavy atom. The molecule has 28 heavy (non-hydrogen) atoms. The van der Waals surface area contributed by atoms with E-state index in [1.54, 1.807) is 42.7 Å². The van der Waals surface area contributed by atoms with Crippen molar-refractivity contribution in [1.82, 2.24) is 19.9 Å². The first kappa shape index (κ1) is 19.2. The van der Waals surface area contributed by atoms with Crippen LogP contribution in [0.1, 0.15) is 10.4 Å². The van der Waals surface area contributed by atoms with Gasteiger partial charge < -0.3 is 21.3 Å². The van der Waals surface area contributed by atoms with Crippen LogP contribution >= 0.6 is 0 Å². The Morgan fingerprint density at radius 1 is 1.07 bits per heavy atom. The van der Waals surface area contributed by atoms with Crippen molar-refractivity contribution in [2.75, 3.05) is 43.6 Å². The minimum absolute atomic E-state index is 0.265. The number of amides is 1. The van der Waals surface area contributed by atoms with E-state index in [4.69, 9.17) is 5.73 Å². The van der Waals surface area contributed by atoms with Crippen molar-refractivity contribution in [2.45, 2.75) is 0 Å². The van der Waals surface area contributed by atoms with Crippen LogP contribution in [0, 0.1) is 0 Å². The standard InChI is InChI=1S/C20H23N7O/c1-27(2)12-11-23-20-24-17(14-7-9-22-10-8-14)13-18(26-20)25-19(28)15-3-5-16(21)6-4-15/h3-10,13H,11-12,21H2,1-2H3,(H2,23,24,25,26,28). The second-order valence-corrected chi connectivity index (χ2v) is 6.50. The maximum Gasteiger partial charge on any atom is 0.256 e. The van der Waals surface area contributed by atoms with Crippen LogP contribution < -0.4 is 16.4 Å². The lowest BCUT2D eigenvalue weighted by molar-refractivity contribution is 0.102. The zero-order valence-corrected chi connectivity index (χ0v) is 15.9. The second kappa shape index (κ2) is 8.92. The van der Waals surface area contributed by atoms with E-state index in [0.29, 0.717) is 35.3 Å². The number of nitrogens with one attached hydrogen (secondary N) is 2. The molecule has 0 aliphatic rings. The predicted molar refractivity (Wildman–Crippen MR) is 111 cm³/mol. The van der Waals surface area contributed by atoms with Crippen molar-refractivity contribution in [3.8, 4) is 11.3 Å². The van der Waals surface area contributed by atoms with Gasteiger partial charge in [-0.3, -0.25) is 9.78 Å². The topological polar surface area (TPSA) is 109 Å². The van der Waals surface area contributed by atoms with Crippen molar-refractivity contribution in [3.05, 3.63) is 60.4 Å². The molecular formula is C20H23N7O. The number of likely N-dealkylation sites (N-methyl/N-ethyl adjacent to an activating group) is 1. The highest BCUT2D eigenvalue weighted by Crippen LogP contribution is 2.21. The zero-order chi connectivity index (χ0) is 19.9. The first-order valence-corrected chi connectivity index (χ1v) is 8.86. The van der Waals surface area contributed by atoms with Crippen LogP contribution in [0.5, 0.6) is 0 Å². The third-order valence-corrected chi connectivity index (χ3v) is 3.96. The highest BCUT2D eigenvalue weighted by atomic mass is 16.1. The average molecular weight is 377 g/mol. The van der Waals surface area contributed by atoms with Crippen LogP contribution in [0.15, 0.2) is 54.9 Å². The lowest BCUT2D eigenvalue weighted by Crippen LogP contribution is -2.22. The van der Waals surface area contributed by atoms with Gasteiger partial charge in [0.15, 0.2) is 0 Å². The summed E-state index contributed by atoms with van der Waals surface area (Å²) in [5.41, 5.74) is 8.36. The van der Waals surface area contributed by atoms with Crippen molar-refractivity contribution < 1.29 is 4.79 Å². The molecule has 4 N–H and O–H groups in total. The molecule has 2 aromatic heterocycles. The van der Waals surface area contributed by atoms with E-state index in [1.807, 2.05) is 26.2 Å². The molecule has 0 saturated carbocycles. The molecule has 0 unspecified atom stereocenters. The van der Waals surface area contributed by atoms with Crippen LogP contribution in [0.3, 0.4) is 0 Å². The molecule has 1 aromatic carbocycles.